The number of benzene rings is 1. The summed E-state index contributed by atoms with van der Waals surface area (Å²) in [5.74, 6) is 0.505. The molecule has 1 aromatic carbocycles. The Morgan fingerprint density at radius 1 is 1.33 bits per heavy atom. The predicted molar refractivity (Wildman–Crippen MR) is 79.7 cm³/mol. The monoisotopic (exact) mass is 294 g/mol. The molecule has 0 unspecified atom stereocenters. The van der Waals surface area contributed by atoms with Crippen molar-refractivity contribution in [2.75, 3.05) is 33.3 Å². The molecule has 1 aromatic rings. The lowest BCUT2D eigenvalue weighted by Gasteiger charge is -2.35. The molecule has 2 rings (SSSR count). The standard InChI is InChI=1S/C16H23FN2O2/c1-16(7-9-18-10-8-16)15(20)19(2)11-12-21-14-5-3-13(17)4-6-14/h3-6,18H,7-12H2,1-2H3. The Morgan fingerprint density at radius 3 is 2.57 bits per heavy atom. The second-order valence-corrected chi connectivity index (χ2v) is 5.84. The summed E-state index contributed by atoms with van der Waals surface area (Å²) < 4.78 is 18.3. The van der Waals surface area contributed by atoms with E-state index in [1.807, 2.05) is 14.0 Å². The summed E-state index contributed by atoms with van der Waals surface area (Å²) in [6.45, 7) is 4.75. The van der Waals surface area contributed by atoms with Crippen molar-refractivity contribution in [2.45, 2.75) is 19.8 Å². The molecule has 0 aromatic heterocycles. The average Bonchev–Trinajstić information content (AvgIpc) is 2.49. The van der Waals surface area contributed by atoms with Gasteiger partial charge in [-0.25, -0.2) is 4.39 Å². The van der Waals surface area contributed by atoms with E-state index >= 15 is 0 Å². The minimum Gasteiger partial charge on any atom is -0.492 e. The van der Waals surface area contributed by atoms with E-state index < -0.39 is 0 Å². The number of ether oxygens (including phenoxy) is 1. The molecule has 0 bridgehead atoms. The van der Waals surface area contributed by atoms with E-state index in [4.69, 9.17) is 4.74 Å². The van der Waals surface area contributed by atoms with Gasteiger partial charge in [-0.2, -0.15) is 0 Å². The maximum absolute atomic E-state index is 12.8. The molecule has 1 aliphatic rings. The van der Waals surface area contributed by atoms with Gasteiger partial charge in [0.05, 0.1) is 6.54 Å². The predicted octanol–water partition coefficient (Wildman–Crippen LogP) is 2.05. The molecule has 116 valence electrons. The fourth-order valence-electron chi connectivity index (χ4n) is 2.59. The van der Waals surface area contributed by atoms with Gasteiger partial charge in [0.15, 0.2) is 0 Å². The minimum absolute atomic E-state index is 0.173. The topological polar surface area (TPSA) is 41.6 Å². The zero-order valence-electron chi connectivity index (χ0n) is 12.7. The van der Waals surface area contributed by atoms with Crippen molar-refractivity contribution in [3.05, 3.63) is 30.1 Å². The lowest BCUT2D eigenvalue weighted by molar-refractivity contribution is -0.141. The Bertz CT molecular complexity index is 470. The quantitative estimate of drug-likeness (QED) is 0.904. The van der Waals surface area contributed by atoms with Crippen LogP contribution in [0.5, 0.6) is 5.75 Å². The van der Waals surface area contributed by atoms with E-state index in [0.29, 0.717) is 18.9 Å². The second-order valence-electron chi connectivity index (χ2n) is 5.84. The molecule has 1 heterocycles. The van der Waals surface area contributed by atoms with Crippen molar-refractivity contribution in [1.29, 1.82) is 0 Å². The third kappa shape index (κ3) is 4.17. The van der Waals surface area contributed by atoms with Crippen LogP contribution >= 0.6 is 0 Å². The molecule has 1 fully saturated rings. The highest BCUT2D eigenvalue weighted by Gasteiger charge is 2.36. The van der Waals surface area contributed by atoms with Crippen molar-refractivity contribution in [3.8, 4) is 5.75 Å². The van der Waals surface area contributed by atoms with Gasteiger partial charge in [0, 0.05) is 12.5 Å². The second kappa shape index (κ2) is 6.89. The summed E-state index contributed by atoms with van der Waals surface area (Å²) in [5.41, 5.74) is -0.268. The molecule has 0 spiro atoms. The van der Waals surface area contributed by atoms with E-state index in [-0.39, 0.29) is 17.1 Å². The van der Waals surface area contributed by atoms with Crippen LogP contribution in [0.2, 0.25) is 0 Å². The van der Waals surface area contributed by atoms with Gasteiger partial charge in [0.1, 0.15) is 18.2 Å². The average molecular weight is 294 g/mol. The number of rotatable bonds is 5. The van der Waals surface area contributed by atoms with Gasteiger partial charge >= 0.3 is 0 Å². The van der Waals surface area contributed by atoms with Crippen molar-refractivity contribution in [3.63, 3.8) is 0 Å². The summed E-state index contributed by atoms with van der Waals surface area (Å²) in [5, 5.41) is 3.28. The van der Waals surface area contributed by atoms with Crippen molar-refractivity contribution in [1.82, 2.24) is 10.2 Å². The first-order valence-corrected chi connectivity index (χ1v) is 7.36. The fourth-order valence-corrected chi connectivity index (χ4v) is 2.59. The molecule has 1 N–H and O–H groups in total. The van der Waals surface area contributed by atoms with Gasteiger partial charge in [-0.15, -0.1) is 0 Å². The largest absolute Gasteiger partial charge is 0.492 e. The Balaban J connectivity index is 1.79. The lowest BCUT2D eigenvalue weighted by Crippen LogP contribution is -2.47. The molecule has 1 aliphatic heterocycles. The first-order valence-electron chi connectivity index (χ1n) is 7.36. The Hall–Kier alpha value is -1.62. The fraction of sp³-hybridized carbons (Fsp3) is 0.562. The molecular weight excluding hydrogens is 271 g/mol. The highest BCUT2D eigenvalue weighted by Crippen LogP contribution is 2.29. The first-order chi connectivity index (χ1) is 10.0. The molecule has 0 aliphatic carbocycles. The molecule has 1 amide bonds. The zero-order valence-corrected chi connectivity index (χ0v) is 12.7. The van der Waals surface area contributed by atoms with E-state index in [0.717, 1.165) is 25.9 Å². The van der Waals surface area contributed by atoms with Gasteiger partial charge < -0.3 is 15.0 Å². The van der Waals surface area contributed by atoms with E-state index in [1.54, 1.807) is 17.0 Å². The Labute approximate surface area is 125 Å². The molecule has 0 atom stereocenters. The minimum atomic E-state index is -0.284. The summed E-state index contributed by atoms with van der Waals surface area (Å²) in [7, 11) is 1.81. The summed E-state index contributed by atoms with van der Waals surface area (Å²) >= 11 is 0. The smallest absolute Gasteiger partial charge is 0.228 e. The maximum Gasteiger partial charge on any atom is 0.228 e. The van der Waals surface area contributed by atoms with Crippen LogP contribution in [0.25, 0.3) is 0 Å². The number of hydrogen-bond donors (Lipinski definition) is 1. The number of nitrogens with one attached hydrogen (secondary N) is 1. The van der Waals surface area contributed by atoms with Crippen molar-refractivity contribution in [2.24, 2.45) is 5.41 Å². The highest BCUT2D eigenvalue weighted by molar-refractivity contribution is 5.82. The van der Waals surface area contributed by atoms with Crippen LogP contribution in [-0.2, 0) is 4.79 Å². The maximum atomic E-state index is 12.8. The molecule has 5 heteroatoms. The van der Waals surface area contributed by atoms with Crippen LogP contribution in [0, 0.1) is 11.2 Å². The number of piperidine rings is 1. The van der Waals surface area contributed by atoms with Gasteiger partial charge in [0.25, 0.3) is 0 Å². The van der Waals surface area contributed by atoms with Gasteiger partial charge in [0.2, 0.25) is 5.91 Å². The number of halogens is 1. The molecule has 21 heavy (non-hydrogen) atoms. The highest BCUT2D eigenvalue weighted by atomic mass is 19.1. The van der Waals surface area contributed by atoms with Crippen LogP contribution in [-0.4, -0.2) is 44.1 Å². The number of carbonyl (C=O) groups is 1. The number of likely N-dealkylation sites (N-methyl/N-ethyl adjacent to an activating group) is 1. The number of hydrogen-bond acceptors (Lipinski definition) is 3. The van der Waals surface area contributed by atoms with Gasteiger partial charge in [-0.1, -0.05) is 6.92 Å². The van der Waals surface area contributed by atoms with E-state index in [2.05, 4.69) is 5.32 Å². The van der Waals surface area contributed by atoms with Gasteiger partial charge in [-0.05, 0) is 50.2 Å². The number of carbonyl (C=O) groups excluding carboxylic acids is 1. The van der Waals surface area contributed by atoms with E-state index in [1.165, 1.54) is 12.1 Å². The molecule has 0 radical (unpaired) electrons. The van der Waals surface area contributed by atoms with Crippen molar-refractivity contribution >= 4 is 5.91 Å². The van der Waals surface area contributed by atoms with Gasteiger partial charge in [-0.3, -0.25) is 4.79 Å². The normalized spacial score (nSPS) is 17.3. The summed E-state index contributed by atoms with van der Waals surface area (Å²) in [6.07, 6.45) is 1.74. The third-order valence-corrected chi connectivity index (χ3v) is 4.08. The van der Waals surface area contributed by atoms with Crippen LogP contribution < -0.4 is 10.1 Å². The van der Waals surface area contributed by atoms with Crippen LogP contribution in [0.1, 0.15) is 19.8 Å². The van der Waals surface area contributed by atoms with Crippen molar-refractivity contribution < 1.29 is 13.9 Å². The third-order valence-electron chi connectivity index (χ3n) is 4.08. The summed E-state index contributed by atoms with van der Waals surface area (Å²) in [6, 6.07) is 5.90. The van der Waals surface area contributed by atoms with Crippen LogP contribution in [0.15, 0.2) is 24.3 Å². The number of nitrogens with zero attached hydrogens (tertiary/aromatic N) is 1. The lowest BCUT2D eigenvalue weighted by atomic mass is 9.80. The molecule has 4 nitrogen and oxygen atoms in total. The van der Waals surface area contributed by atoms with Crippen LogP contribution in [0.4, 0.5) is 4.39 Å². The molecular formula is C16H23FN2O2. The molecule has 1 saturated heterocycles. The van der Waals surface area contributed by atoms with Crippen LogP contribution in [0.3, 0.4) is 0 Å². The first kappa shape index (κ1) is 15.8. The Kier molecular flexibility index (Phi) is 5.17. The SMILES string of the molecule is CN(CCOc1ccc(F)cc1)C(=O)C1(C)CCNCC1. The van der Waals surface area contributed by atoms with E-state index in [9.17, 15) is 9.18 Å². The number of amides is 1. The summed E-state index contributed by atoms with van der Waals surface area (Å²) in [4.78, 5) is 14.2. The molecule has 0 saturated carbocycles. The Morgan fingerprint density at radius 2 is 1.95 bits per heavy atom. The zero-order chi connectivity index (χ0) is 15.3.